The fourth-order valence-electron chi connectivity index (χ4n) is 1.46. The summed E-state index contributed by atoms with van der Waals surface area (Å²) in [6, 6.07) is 4.03. The summed E-state index contributed by atoms with van der Waals surface area (Å²) in [6.45, 7) is 8.55. The molecule has 17 heavy (non-hydrogen) atoms. The Morgan fingerprint density at radius 2 is 2.41 bits per heavy atom. The van der Waals surface area contributed by atoms with Crippen LogP contribution in [0.25, 0.3) is 0 Å². The second-order valence-corrected chi connectivity index (χ2v) is 4.14. The van der Waals surface area contributed by atoms with Crippen LogP contribution in [-0.2, 0) is 18.3 Å². The molecule has 1 aromatic heterocycles. The van der Waals surface area contributed by atoms with Crippen molar-refractivity contribution < 1.29 is 4.74 Å². The highest BCUT2D eigenvalue weighted by Crippen LogP contribution is 2.05. The average molecular weight is 233 g/mol. The molecule has 92 valence electrons. The van der Waals surface area contributed by atoms with Gasteiger partial charge in [0.05, 0.1) is 13.2 Å². The number of nitrogens with one attached hydrogen (secondary N) is 1. The van der Waals surface area contributed by atoms with Gasteiger partial charge in [-0.05, 0) is 18.6 Å². The molecule has 0 aliphatic rings. The molecular formula is C13H19N3O. The van der Waals surface area contributed by atoms with Gasteiger partial charge in [-0.25, -0.2) is 0 Å². The molecule has 0 aliphatic heterocycles. The summed E-state index contributed by atoms with van der Waals surface area (Å²) >= 11 is 0. The topological polar surface area (TPSA) is 50.0 Å². The smallest absolute Gasteiger partial charge is 0.120 e. The van der Waals surface area contributed by atoms with E-state index in [-0.39, 0.29) is 0 Å². The van der Waals surface area contributed by atoms with Crippen molar-refractivity contribution in [3.63, 3.8) is 0 Å². The van der Waals surface area contributed by atoms with Gasteiger partial charge in [-0.3, -0.25) is 0 Å². The molecule has 0 amide bonds. The van der Waals surface area contributed by atoms with E-state index in [1.807, 2.05) is 30.8 Å². The van der Waals surface area contributed by atoms with Crippen molar-refractivity contribution >= 4 is 0 Å². The number of aromatic nitrogens is 1. The van der Waals surface area contributed by atoms with Crippen molar-refractivity contribution in [1.82, 2.24) is 9.88 Å². The fourth-order valence-corrected chi connectivity index (χ4v) is 1.46. The van der Waals surface area contributed by atoms with Crippen LogP contribution < -0.4 is 5.32 Å². The number of nitriles is 1. The molecule has 4 nitrogen and oxygen atoms in total. The SMILES string of the molecule is C=C(C)COCCNCc1cc(C#N)n(C)c1. The maximum atomic E-state index is 8.81. The maximum Gasteiger partial charge on any atom is 0.120 e. The van der Waals surface area contributed by atoms with Gasteiger partial charge in [-0.15, -0.1) is 0 Å². The quantitative estimate of drug-likeness (QED) is 0.574. The number of hydrogen-bond donors (Lipinski definition) is 1. The van der Waals surface area contributed by atoms with Crippen molar-refractivity contribution in [2.45, 2.75) is 13.5 Å². The summed E-state index contributed by atoms with van der Waals surface area (Å²) in [7, 11) is 1.87. The molecule has 0 fully saturated rings. The van der Waals surface area contributed by atoms with Crippen LogP contribution in [0.5, 0.6) is 0 Å². The average Bonchev–Trinajstić information content (AvgIpc) is 2.63. The number of nitrogens with zero attached hydrogens (tertiary/aromatic N) is 2. The van der Waals surface area contributed by atoms with Gasteiger partial charge in [0.1, 0.15) is 11.8 Å². The van der Waals surface area contributed by atoms with E-state index >= 15 is 0 Å². The molecule has 1 heterocycles. The third-order valence-corrected chi connectivity index (χ3v) is 2.28. The highest BCUT2D eigenvalue weighted by molar-refractivity contribution is 5.28. The number of aryl methyl sites for hydroxylation is 1. The highest BCUT2D eigenvalue weighted by atomic mass is 16.5. The van der Waals surface area contributed by atoms with Crippen molar-refractivity contribution in [1.29, 1.82) is 5.26 Å². The molecule has 0 atom stereocenters. The van der Waals surface area contributed by atoms with Gasteiger partial charge in [-0.1, -0.05) is 12.2 Å². The van der Waals surface area contributed by atoms with Gasteiger partial charge in [0.2, 0.25) is 0 Å². The summed E-state index contributed by atoms with van der Waals surface area (Å²) in [5.41, 5.74) is 2.83. The summed E-state index contributed by atoms with van der Waals surface area (Å²) in [4.78, 5) is 0. The number of hydrogen-bond acceptors (Lipinski definition) is 3. The molecule has 0 saturated carbocycles. The zero-order valence-electron chi connectivity index (χ0n) is 10.5. The lowest BCUT2D eigenvalue weighted by molar-refractivity contribution is 0.158. The first-order chi connectivity index (χ1) is 8.13. The zero-order valence-corrected chi connectivity index (χ0v) is 10.5. The summed E-state index contributed by atoms with van der Waals surface area (Å²) in [6.07, 6.45) is 1.96. The molecule has 0 spiro atoms. The van der Waals surface area contributed by atoms with Gasteiger partial charge >= 0.3 is 0 Å². The molecule has 4 heteroatoms. The molecule has 0 aliphatic carbocycles. The molecule has 0 radical (unpaired) electrons. The highest BCUT2D eigenvalue weighted by Gasteiger charge is 2.01. The molecule has 1 aromatic rings. The van der Waals surface area contributed by atoms with E-state index in [1.54, 1.807) is 0 Å². The van der Waals surface area contributed by atoms with E-state index in [0.29, 0.717) is 18.9 Å². The Morgan fingerprint density at radius 3 is 3.00 bits per heavy atom. The predicted octanol–water partition coefficient (Wildman–Crippen LogP) is 1.58. The first kappa shape index (κ1) is 13.5. The van der Waals surface area contributed by atoms with Crippen LogP contribution in [0.2, 0.25) is 0 Å². The van der Waals surface area contributed by atoms with E-state index in [0.717, 1.165) is 24.2 Å². The summed E-state index contributed by atoms with van der Waals surface area (Å²) < 4.78 is 7.19. The van der Waals surface area contributed by atoms with E-state index < -0.39 is 0 Å². The van der Waals surface area contributed by atoms with Crippen LogP contribution in [0.1, 0.15) is 18.2 Å². The zero-order chi connectivity index (χ0) is 12.7. The van der Waals surface area contributed by atoms with E-state index in [2.05, 4.69) is 18.0 Å². The van der Waals surface area contributed by atoms with Crippen molar-refractivity contribution in [3.05, 3.63) is 35.7 Å². The van der Waals surface area contributed by atoms with Crippen LogP contribution in [0, 0.1) is 11.3 Å². The molecule has 1 rings (SSSR count). The maximum absolute atomic E-state index is 8.81. The lowest BCUT2D eigenvalue weighted by Crippen LogP contribution is -2.19. The molecule has 1 N–H and O–H groups in total. The summed E-state index contributed by atoms with van der Waals surface area (Å²) in [5.74, 6) is 0. The van der Waals surface area contributed by atoms with E-state index in [9.17, 15) is 0 Å². The van der Waals surface area contributed by atoms with Crippen molar-refractivity contribution in [2.75, 3.05) is 19.8 Å². The Labute approximate surface area is 103 Å². The largest absolute Gasteiger partial charge is 0.376 e. The standard InChI is InChI=1S/C13H19N3O/c1-11(2)10-17-5-4-15-8-12-6-13(7-14)16(3)9-12/h6,9,15H,1,4-5,8,10H2,2-3H3. The van der Waals surface area contributed by atoms with Gasteiger partial charge in [0.15, 0.2) is 0 Å². The minimum atomic E-state index is 0.617. The Hall–Kier alpha value is -1.57. The van der Waals surface area contributed by atoms with Gasteiger partial charge < -0.3 is 14.6 Å². The van der Waals surface area contributed by atoms with Crippen LogP contribution in [-0.4, -0.2) is 24.3 Å². The Morgan fingerprint density at radius 1 is 1.65 bits per heavy atom. The van der Waals surface area contributed by atoms with Crippen LogP contribution in [0.15, 0.2) is 24.4 Å². The second-order valence-electron chi connectivity index (χ2n) is 4.14. The third kappa shape index (κ3) is 4.85. The minimum absolute atomic E-state index is 0.617. The van der Waals surface area contributed by atoms with Gasteiger partial charge in [0, 0.05) is 26.3 Å². The van der Waals surface area contributed by atoms with Crippen LogP contribution >= 0.6 is 0 Å². The second kappa shape index (κ2) is 6.89. The molecule has 0 unspecified atom stereocenters. The van der Waals surface area contributed by atoms with Crippen molar-refractivity contribution in [3.8, 4) is 6.07 Å². The van der Waals surface area contributed by atoms with Gasteiger partial charge in [-0.2, -0.15) is 5.26 Å². The Kier molecular flexibility index (Phi) is 5.47. The number of rotatable bonds is 7. The molecule has 0 aromatic carbocycles. The molecule has 0 saturated heterocycles. The normalized spacial score (nSPS) is 10.2. The minimum Gasteiger partial charge on any atom is -0.376 e. The first-order valence-electron chi connectivity index (χ1n) is 5.61. The molecule has 0 bridgehead atoms. The lowest BCUT2D eigenvalue weighted by Gasteiger charge is -2.04. The predicted molar refractivity (Wildman–Crippen MR) is 67.5 cm³/mol. The lowest BCUT2D eigenvalue weighted by atomic mass is 10.3. The van der Waals surface area contributed by atoms with E-state index in [4.69, 9.17) is 10.00 Å². The van der Waals surface area contributed by atoms with Crippen LogP contribution in [0.4, 0.5) is 0 Å². The Balaban J connectivity index is 2.18. The first-order valence-corrected chi connectivity index (χ1v) is 5.61. The monoisotopic (exact) mass is 233 g/mol. The summed E-state index contributed by atoms with van der Waals surface area (Å²) in [5, 5.41) is 12.1. The van der Waals surface area contributed by atoms with Crippen molar-refractivity contribution in [2.24, 2.45) is 7.05 Å². The third-order valence-electron chi connectivity index (χ3n) is 2.28. The van der Waals surface area contributed by atoms with Crippen LogP contribution in [0.3, 0.4) is 0 Å². The number of ether oxygens (including phenoxy) is 1. The Bertz CT molecular complexity index is 415. The molecular weight excluding hydrogens is 214 g/mol. The fraction of sp³-hybridized carbons (Fsp3) is 0.462. The van der Waals surface area contributed by atoms with E-state index in [1.165, 1.54) is 0 Å². The van der Waals surface area contributed by atoms with Gasteiger partial charge in [0.25, 0.3) is 0 Å².